The molecule has 1 rings (SSSR count). The first-order valence-electron chi connectivity index (χ1n) is 3.76. The summed E-state index contributed by atoms with van der Waals surface area (Å²) in [5.74, 6) is 0. The van der Waals surface area contributed by atoms with Gasteiger partial charge in [-0.25, -0.2) is 0 Å². The molecule has 0 heterocycles. The van der Waals surface area contributed by atoms with Gasteiger partial charge in [-0.05, 0) is 25.0 Å². The van der Waals surface area contributed by atoms with Crippen molar-refractivity contribution in [2.75, 3.05) is 0 Å². The van der Waals surface area contributed by atoms with E-state index < -0.39 is 0 Å². The number of halogens is 1. The van der Waals surface area contributed by atoms with Crippen LogP contribution in [-0.2, 0) is 0 Å². The fourth-order valence-corrected chi connectivity index (χ4v) is 1.69. The molecule has 1 unspecified atom stereocenters. The van der Waals surface area contributed by atoms with Gasteiger partial charge < -0.3 is 0 Å². The maximum atomic E-state index is 8.69. The van der Waals surface area contributed by atoms with Gasteiger partial charge in [-0.1, -0.05) is 39.7 Å². The van der Waals surface area contributed by atoms with Gasteiger partial charge in [0.2, 0.25) is 0 Å². The maximum Gasteiger partial charge on any atom is 0.126 e. The first-order chi connectivity index (χ1) is 5.65. The smallest absolute Gasteiger partial charge is 0.126 e. The summed E-state index contributed by atoms with van der Waals surface area (Å²) in [5, 5.41) is 8.69. The Morgan fingerprint density at radius 1 is 1.42 bits per heavy atom. The standard InChI is InChI=1S/C10H10BrN/c1-7-3-4-9(8(2)5-7)10(11)6-12/h3-5,10H,1-2H3. The van der Waals surface area contributed by atoms with Crippen LogP contribution in [0.15, 0.2) is 18.2 Å². The second-order valence-corrected chi connectivity index (χ2v) is 3.77. The summed E-state index contributed by atoms with van der Waals surface area (Å²) in [5.41, 5.74) is 3.45. The molecule has 1 atom stereocenters. The molecule has 0 saturated carbocycles. The average Bonchev–Trinajstić information content (AvgIpc) is 2.03. The predicted molar refractivity (Wildman–Crippen MR) is 53.2 cm³/mol. The van der Waals surface area contributed by atoms with Crippen molar-refractivity contribution in [1.29, 1.82) is 5.26 Å². The number of hydrogen-bond acceptors (Lipinski definition) is 1. The Balaban J connectivity index is 3.11. The van der Waals surface area contributed by atoms with Crippen LogP contribution in [0.1, 0.15) is 21.5 Å². The predicted octanol–water partition coefficient (Wildman–Crippen LogP) is 3.26. The molecule has 0 radical (unpaired) electrons. The number of hydrogen-bond donors (Lipinski definition) is 0. The molecule has 0 amide bonds. The zero-order chi connectivity index (χ0) is 9.14. The summed E-state index contributed by atoms with van der Waals surface area (Å²) < 4.78 is 0. The van der Waals surface area contributed by atoms with Crippen LogP contribution in [0.25, 0.3) is 0 Å². The van der Waals surface area contributed by atoms with Crippen LogP contribution in [0.4, 0.5) is 0 Å². The van der Waals surface area contributed by atoms with Crippen LogP contribution in [-0.4, -0.2) is 0 Å². The number of benzene rings is 1. The molecule has 1 aromatic carbocycles. The van der Waals surface area contributed by atoms with Crippen LogP contribution >= 0.6 is 15.9 Å². The molecule has 62 valence electrons. The van der Waals surface area contributed by atoms with E-state index in [1.807, 2.05) is 26.0 Å². The number of nitriles is 1. The Bertz CT molecular complexity index is 325. The number of alkyl halides is 1. The van der Waals surface area contributed by atoms with E-state index in [-0.39, 0.29) is 4.83 Å². The average molecular weight is 224 g/mol. The van der Waals surface area contributed by atoms with Crippen molar-refractivity contribution in [1.82, 2.24) is 0 Å². The summed E-state index contributed by atoms with van der Waals surface area (Å²) in [6.07, 6.45) is 0. The molecular formula is C10H10BrN. The lowest BCUT2D eigenvalue weighted by Crippen LogP contribution is -1.90. The largest absolute Gasteiger partial charge is 0.197 e. The fourth-order valence-electron chi connectivity index (χ4n) is 1.18. The molecule has 1 nitrogen and oxygen atoms in total. The Kier molecular flexibility index (Phi) is 2.88. The van der Waals surface area contributed by atoms with E-state index in [0.29, 0.717) is 0 Å². The van der Waals surface area contributed by atoms with Crippen molar-refractivity contribution in [3.8, 4) is 6.07 Å². The second kappa shape index (κ2) is 3.73. The molecule has 0 aromatic heterocycles. The third-order valence-electron chi connectivity index (χ3n) is 1.81. The van der Waals surface area contributed by atoms with Crippen molar-refractivity contribution in [2.45, 2.75) is 18.7 Å². The lowest BCUT2D eigenvalue weighted by Gasteiger charge is -2.06. The topological polar surface area (TPSA) is 23.8 Å². The molecule has 0 saturated heterocycles. The molecule has 0 fully saturated rings. The molecule has 0 aliphatic carbocycles. The first-order valence-corrected chi connectivity index (χ1v) is 4.67. The minimum atomic E-state index is -0.182. The normalized spacial score (nSPS) is 12.2. The van der Waals surface area contributed by atoms with Crippen LogP contribution in [0.2, 0.25) is 0 Å². The van der Waals surface area contributed by atoms with Crippen molar-refractivity contribution in [3.05, 3.63) is 34.9 Å². The van der Waals surface area contributed by atoms with Gasteiger partial charge in [0.25, 0.3) is 0 Å². The summed E-state index contributed by atoms with van der Waals surface area (Å²) in [6.45, 7) is 4.07. The van der Waals surface area contributed by atoms with Crippen molar-refractivity contribution in [3.63, 3.8) is 0 Å². The van der Waals surface area contributed by atoms with E-state index in [1.54, 1.807) is 0 Å². The Hall–Kier alpha value is -0.810. The summed E-state index contributed by atoms with van der Waals surface area (Å²) in [6, 6.07) is 8.26. The highest BCUT2D eigenvalue weighted by molar-refractivity contribution is 9.09. The van der Waals surface area contributed by atoms with E-state index in [2.05, 4.69) is 28.1 Å². The molecule has 0 aliphatic rings. The van der Waals surface area contributed by atoms with Gasteiger partial charge >= 0.3 is 0 Å². The SMILES string of the molecule is Cc1ccc(C(Br)C#N)c(C)c1. The quantitative estimate of drug-likeness (QED) is 0.671. The molecule has 0 bridgehead atoms. The number of rotatable bonds is 1. The number of nitrogens with zero attached hydrogens (tertiary/aromatic N) is 1. The zero-order valence-electron chi connectivity index (χ0n) is 7.13. The molecule has 0 aliphatic heterocycles. The molecule has 12 heavy (non-hydrogen) atoms. The van der Waals surface area contributed by atoms with E-state index in [9.17, 15) is 0 Å². The van der Waals surface area contributed by atoms with Gasteiger partial charge in [0.1, 0.15) is 4.83 Å². The van der Waals surface area contributed by atoms with Crippen LogP contribution in [0, 0.1) is 25.2 Å². The van der Waals surface area contributed by atoms with E-state index in [4.69, 9.17) is 5.26 Å². The van der Waals surface area contributed by atoms with Crippen molar-refractivity contribution >= 4 is 15.9 Å². The maximum absolute atomic E-state index is 8.69. The third kappa shape index (κ3) is 1.86. The molecule has 0 spiro atoms. The lowest BCUT2D eigenvalue weighted by atomic mass is 10.0. The minimum absolute atomic E-state index is 0.182. The minimum Gasteiger partial charge on any atom is -0.197 e. The molecule has 1 aromatic rings. The van der Waals surface area contributed by atoms with Crippen molar-refractivity contribution in [2.24, 2.45) is 0 Å². The third-order valence-corrected chi connectivity index (χ3v) is 2.51. The monoisotopic (exact) mass is 223 g/mol. The Labute approximate surface area is 81.2 Å². The van der Waals surface area contributed by atoms with Crippen LogP contribution < -0.4 is 0 Å². The highest BCUT2D eigenvalue weighted by Gasteiger charge is 2.07. The molecule has 2 heteroatoms. The van der Waals surface area contributed by atoms with E-state index in [0.717, 1.165) is 5.56 Å². The molecular weight excluding hydrogens is 214 g/mol. The van der Waals surface area contributed by atoms with Crippen LogP contribution in [0.5, 0.6) is 0 Å². The lowest BCUT2D eigenvalue weighted by molar-refractivity contribution is 1.19. The second-order valence-electron chi connectivity index (χ2n) is 2.85. The van der Waals surface area contributed by atoms with Crippen LogP contribution in [0.3, 0.4) is 0 Å². The van der Waals surface area contributed by atoms with E-state index >= 15 is 0 Å². The van der Waals surface area contributed by atoms with Gasteiger partial charge in [-0.3, -0.25) is 0 Å². The van der Waals surface area contributed by atoms with Gasteiger partial charge in [0.15, 0.2) is 0 Å². The number of aryl methyl sites for hydroxylation is 2. The van der Waals surface area contributed by atoms with Gasteiger partial charge in [-0.15, -0.1) is 0 Å². The zero-order valence-corrected chi connectivity index (χ0v) is 8.72. The van der Waals surface area contributed by atoms with Gasteiger partial charge in [-0.2, -0.15) is 5.26 Å². The fraction of sp³-hybridized carbons (Fsp3) is 0.300. The molecule has 0 N–H and O–H groups in total. The van der Waals surface area contributed by atoms with Gasteiger partial charge in [0, 0.05) is 0 Å². The van der Waals surface area contributed by atoms with Gasteiger partial charge in [0.05, 0.1) is 6.07 Å². The highest BCUT2D eigenvalue weighted by atomic mass is 79.9. The Morgan fingerprint density at radius 2 is 2.08 bits per heavy atom. The highest BCUT2D eigenvalue weighted by Crippen LogP contribution is 2.25. The summed E-state index contributed by atoms with van der Waals surface area (Å²) in [4.78, 5) is -0.182. The van der Waals surface area contributed by atoms with E-state index in [1.165, 1.54) is 11.1 Å². The summed E-state index contributed by atoms with van der Waals surface area (Å²) >= 11 is 3.30. The Morgan fingerprint density at radius 3 is 2.58 bits per heavy atom. The van der Waals surface area contributed by atoms with Crippen molar-refractivity contribution < 1.29 is 0 Å². The first kappa shape index (κ1) is 9.28. The summed E-state index contributed by atoms with van der Waals surface area (Å²) in [7, 11) is 0.